The quantitative estimate of drug-likeness (QED) is 0.102. The first-order valence-corrected chi connectivity index (χ1v) is 25.5. The number of anilines is 3. The Morgan fingerprint density at radius 1 is 0.635 bits per heavy atom. The Labute approximate surface area is 424 Å². The zero-order valence-corrected chi connectivity index (χ0v) is 42.0. The number of amides is 3. The summed E-state index contributed by atoms with van der Waals surface area (Å²) in [4.78, 5) is 63.6. The number of carbonyl (C=O) groups excluding carboxylic acids is 3. The fourth-order valence-electron chi connectivity index (χ4n) is 11.7. The van der Waals surface area contributed by atoms with Crippen molar-refractivity contribution in [3.63, 3.8) is 0 Å². The first-order chi connectivity index (χ1) is 35.5. The van der Waals surface area contributed by atoms with Crippen LogP contribution in [0.2, 0.25) is 0 Å². The molecule has 4 aliphatic heterocycles. The van der Waals surface area contributed by atoms with E-state index in [4.69, 9.17) is 14.7 Å². The summed E-state index contributed by atoms with van der Waals surface area (Å²) in [6, 6.07) is 8.28. The number of para-hydroxylation sites is 1. The number of likely N-dealkylation sites (tertiary alicyclic amines) is 2. The number of rotatable bonds is 12. The molecule has 3 amide bonds. The van der Waals surface area contributed by atoms with Gasteiger partial charge in [0.15, 0.2) is 11.6 Å². The van der Waals surface area contributed by atoms with Crippen LogP contribution in [-0.2, 0) is 14.3 Å². The molecule has 0 bridgehead atoms. The number of carbonyl (C=O) groups is 3. The summed E-state index contributed by atoms with van der Waals surface area (Å²) in [6.07, 6.45) is 2.81. The predicted molar refractivity (Wildman–Crippen MR) is 267 cm³/mol. The highest BCUT2D eigenvalue weighted by Crippen LogP contribution is 2.50. The fourth-order valence-corrected chi connectivity index (χ4v) is 11.7. The summed E-state index contributed by atoms with van der Waals surface area (Å²) in [7, 11) is 1.22. The van der Waals surface area contributed by atoms with E-state index in [0.29, 0.717) is 67.0 Å². The van der Waals surface area contributed by atoms with Crippen LogP contribution >= 0.6 is 0 Å². The number of benzene rings is 4. The number of fused-ring (bicyclic) bond motifs is 2. The lowest BCUT2D eigenvalue weighted by Crippen LogP contribution is -2.51. The molecule has 3 N–H and O–H groups in total. The standard InChI is InChI=1S/C54H60F6N10O4/c1-28(2)21-47(71)68-15-7-11-45(68)51-61-39-24-31(35(57)26-41(39)63-51)43-13-14-44(70(43)30-22-37(59)50(38(60)23-30)67-19-17-66(18-20-67)49-33(55)9-6-10-34(49)56)32-25-40-42(27-36(32)58)64-52(62-40)46-12-8-16-69(46)53(72)48(29(3)4)65-54(73)74-5/h6,9-10,22-29,43-46,48H,7-8,11-21H2,1-5H3,(H,61,63)(H,62,64)(H,65,73)/t43-,44-,45+,46+,48+/m1/s1. The van der Waals surface area contributed by atoms with Gasteiger partial charge in [0, 0.05) is 74.6 Å². The van der Waals surface area contributed by atoms with E-state index in [2.05, 4.69) is 15.3 Å². The number of aromatic amines is 2. The van der Waals surface area contributed by atoms with E-state index in [1.54, 1.807) is 21.9 Å². The van der Waals surface area contributed by atoms with Crippen LogP contribution in [0.3, 0.4) is 0 Å². The van der Waals surface area contributed by atoms with Crippen molar-refractivity contribution in [3.8, 4) is 0 Å². The maximum Gasteiger partial charge on any atom is 0.407 e. The summed E-state index contributed by atoms with van der Waals surface area (Å²) in [5, 5.41) is 2.64. The number of aromatic nitrogens is 4. The number of hydrogen-bond donors (Lipinski definition) is 3. The maximum absolute atomic E-state index is 16.9. The molecule has 6 heterocycles. The van der Waals surface area contributed by atoms with Gasteiger partial charge in [0.25, 0.3) is 0 Å². The van der Waals surface area contributed by atoms with Crippen molar-refractivity contribution in [2.24, 2.45) is 11.8 Å². The molecule has 0 radical (unpaired) electrons. The minimum atomic E-state index is -0.927. The van der Waals surface area contributed by atoms with E-state index in [9.17, 15) is 23.2 Å². The second-order valence-electron chi connectivity index (χ2n) is 20.7. The smallest absolute Gasteiger partial charge is 0.407 e. The first-order valence-electron chi connectivity index (χ1n) is 25.5. The van der Waals surface area contributed by atoms with Gasteiger partial charge in [-0.2, -0.15) is 0 Å². The topological polar surface area (TPSA) is 146 Å². The zero-order valence-electron chi connectivity index (χ0n) is 42.0. The largest absolute Gasteiger partial charge is 0.453 e. The van der Waals surface area contributed by atoms with Crippen LogP contribution in [-0.4, -0.2) is 100 Å². The maximum atomic E-state index is 16.9. The summed E-state index contributed by atoms with van der Waals surface area (Å²) in [5.74, 6) is -4.06. The summed E-state index contributed by atoms with van der Waals surface area (Å²) >= 11 is 0. The third-order valence-corrected chi connectivity index (χ3v) is 15.2. The zero-order chi connectivity index (χ0) is 52.3. The fraction of sp³-hybridized carbons (Fsp3) is 0.463. The van der Waals surface area contributed by atoms with Gasteiger partial charge in [-0.25, -0.2) is 41.1 Å². The Morgan fingerprint density at radius 3 is 1.61 bits per heavy atom. The number of methoxy groups -OCH3 is 1. The molecule has 0 unspecified atom stereocenters. The molecule has 392 valence electrons. The van der Waals surface area contributed by atoms with Crippen LogP contribution < -0.4 is 20.0 Å². The van der Waals surface area contributed by atoms with Crippen LogP contribution in [0, 0.1) is 46.7 Å². The molecular weight excluding hydrogens is 967 g/mol. The molecule has 4 aliphatic rings. The molecule has 74 heavy (non-hydrogen) atoms. The van der Waals surface area contributed by atoms with E-state index < -0.39 is 65.2 Å². The average Bonchev–Trinajstić information content (AvgIpc) is 4.22. The van der Waals surface area contributed by atoms with Crippen LogP contribution in [0.1, 0.15) is 120 Å². The molecule has 14 nitrogen and oxygen atoms in total. The normalized spacial score (nSPS) is 20.8. The molecule has 10 rings (SSSR count). The number of halogens is 6. The van der Waals surface area contributed by atoms with Crippen molar-refractivity contribution in [3.05, 3.63) is 112 Å². The van der Waals surface area contributed by atoms with Crippen LogP contribution in [0.4, 0.5) is 48.2 Å². The predicted octanol–water partition coefficient (Wildman–Crippen LogP) is 10.4. The molecule has 4 aromatic carbocycles. The van der Waals surface area contributed by atoms with E-state index in [-0.39, 0.29) is 102 Å². The lowest BCUT2D eigenvalue weighted by molar-refractivity contribution is -0.135. The Bertz CT molecular complexity index is 3080. The van der Waals surface area contributed by atoms with Gasteiger partial charge in [0.1, 0.15) is 52.3 Å². The van der Waals surface area contributed by atoms with Crippen molar-refractivity contribution in [2.75, 3.05) is 61.1 Å². The van der Waals surface area contributed by atoms with Crippen LogP contribution in [0.25, 0.3) is 22.1 Å². The van der Waals surface area contributed by atoms with Gasteiger partial charge in [-0.15, -0.1) is 0 Å². The van der Waals surface area contributed by atoms with Crippen molar-refractivity contribution in [1.29, 1.82) is 0 Å². The number of hydrogen-bond acceptors (Lipinski definition) is 9. The van der Waals surface area contributed by atoms with Gasteiger partial charge >= 0.3 is 6.09 Å². The van der Waals surface area contributed by atoms with Gasteiger partial charge < -0.3 is 44.5 Å². The molecular formula is C54H60F6N10O4. The van der Waals surface area contributed by atoms with E-state index >= 15 is 17.6 Å². The van der Waals surface area contributed by atoms with E-state index in [1.807, 2.05) is 32.6 Å². The van der Waals surface area contributed by atoms with Gasteiger partial charge in [0.05, 0.1) is 53.3 Å². The summed E-state index contributed by atoms with van der Waals surface area (Å²) in [6.45, 7) is 8.83. The van der Waals surface area contributed by atoms with Crippen LogP contribution in [0.5, 0.6) is 0 Å². The number of piperazine rings is 1. The van der Waals surface area contributed by atoms with Crippen LogP contribution in [0.15, 0.2) is 54.6 Å². The molecule has 4 fully saturated rings. The molecule has 0 spiro atoms. The van der Waals surface area contributed by atoms with E-state index in [0.717, 1.165) is 30.7 Å². The number of H-pyrrole nitrogens is 2. The first kappa shape index (κ1) is 50.5. The highest BCUT2D eigenvalue weighted by Gasteiger charge is 2.42. The summed E-state index contributed by atoms with van der Waals surface area (Å²) < 4.78 is 101. The molecule has 5 atom stereocenters. The van der Waals surface area contributed by atoms with Gasteiger partial charge in [0.2, 0.25) is 11.8 Å². The Morgan fingerprint density at radius 2 is 1.12 bits per heavy atom. The molecule has 20 heteroatoms. The van der Waals surface area contributed by atoms with Crippen molar-refractivity contribution in [1.82, 2.24) is 35.1 Å². The number of nitrogens with one attached hydrogen (secondary N) is 3. The lowest BCUT2D eigenvalue weighted by Gasteiger charge is -2.38. The minimum Gasteiger partial charge on any atom is -0.453 e. The molecule has 0 aliphatic carbocycles. The minimum absolute atomic E-state index is 0.0188. The van der Waals surface area contributed by atoms with E-state index in [1.165, 1.54) is 35.1 Å². The third-order valence-electron chi connectivity index (χ3n) is 15.2. The number of imidazole rings is 2. The number of nitrogens with zero attached hydrogens (tertiary/aromatic N) is 7. The van der Waals surface area contributed by atoms with Gasteiger partial charge in [-0.1, -0.05) is 33.8 Å². The van der Waals surface area contributed by atoms with Crippen molar-refractivity contribution < 1.29 is 45.5 Å². The Hall–Kier alpha value is -6.99. The second kappa shape index (κ2) is 20.4. The van der Waals surface area contributed by atoms with Crippen molar-refractivity contribution in [2.45, 2.75) is 103 Å². The summed E-state index contributed by atoms with van der Waals surface area (Å²) in [5.41, 5.74) is 1.42. The van der Waals surface area contributed by atoms with Crippen molar-refractivity contribution >= 4 is 57.0 Å². The SMILES string of the molecule is COC(=O)N[C@H](C(=O)N1CCC[C@H]1c1nc2cc(F)c([C@H]3CC[C@H](c4cc5[nH]c([C@@H]6CCCN6C(=O)CC(C)C)nc5cc4F)N3c3cc(F)c(N4CCN(c5c(F)cccc5F)CC4)c(F)c3)cc2[nH]1)C(C)C. The molecule has 2 aromatic heterocycles. The highest BCUT2D eigenvalue weighted by molar-refractivity contribution is 5.87. The highest BCUT2D eigenvalue weighted by atomic mass is 19.2. The lowest BCUT2D eigenvalue weighted by atomic mass is 10.0. The number of ether oxygens (including phenoxy) is 1. The molecule has 4 saturated heterocycles. The molecule has 6 aromatic rings. The average molecular weight is 1030 g/mol. The monoisotopic (exact) mass is 1030 g/mol. The Kier molecular flexibility index (Phi) is 13.9. The second-order valence-corrected chi connectivity index (χ2v) is 20.7. The van der Waals surface area contributed by atoms with Gasteiger partial charge in [-0.05, 0) is 86.8 Å². The Balaban J connectivity index is 1.000. The van der Waals surface area contributed by atoms with Gasteiger partial charge in [-0.3, -0.25) is 9.59 Å². The third kappa shape index (κ3) is 9.44. The molecule has 0 saturated carbocycles. The number of alkyl carbamates (subject to hydrolysis) is 1.